The van der Waals surface area contributed by atoms with Crippen LogP contribution in [0.5, 0.6) is 0 Å². The number of nitro groups is 1. The third-order valence-electron chi connectivity index (χ3n) is 2.09. The fraction of sp³-hybridized carbons (Fsp3) is 0.300. The number of benzene rings is 1. The molecule has 0 fully saturated rings. The molecule has 5 nitrogen and oxygen atoms in total. The first kappa shape index (κ1) is 13.4. The highest BCUT2D eigenvalue weighted by Gasteiger charge is 2.16. The zero-order valence-corrected chi connectivity index (χ0v) is 9.70. The topological polar surface area (TPSA) is 72.2 Å². The maximum Gasteiger partial charge on any atom is 0.304 e. The molecular formula is C10H10ClFN2O3. The van der Waals surface area contributed by atoms with Crippen molar-refractivity contribution in [2.75, 3.05) is 11.2 Å². The van der Waals surface area contributed by atoms with E-state index in [0.29, 0.717) is 0 Å². The molecule has 7 heteroatoms. The van der Waals surface area contributed by atoms with Gasteiger partial charge >= 0.3 is 5.69 Å². The molecule has 1 atom stereocenters. The van der Waals surface area contributed by atoms with Crippen molar-refractivity contribution >= 4 is 28.9 Å². The molecule has 0 aromatic heterocycles. The minimum absolute atomic E-state index is 0.140. The van der Waals surface area contributed by atoms with Crippen LogP contribution in [0.1, 0.15) is 6.92 Å². The van der Waals surface area contributed by atoms with Crippen molar-refractivity contribution in [1.29, 1.82) is 0 Å². The fourth-order valence-electron chi connectivity index (χ4n) is 1.07. The van der Waals surface area contributed by atoms with E-state index in [1.807, 2.05) is 0 Å². The number of hydrogen-bond acceptors (Lipinski definition) is 3. The zero-order valence-electron chi connectivity index (χ0n) is 8.94. The van der Waals surface area contributed by atoms with E-state index in [9.17, 15) is 19.3 Å². The van der Waals surface area contributed by atoms with Crippen LogP contribution in [0.25, 0.3) is 0 Å². The molecule has 17 heavy (non-hydrogen) atoms. The summed E-state index contributed by atoms with van der Waals surface area (Å²) < 4.78 is 13.2. The van der Waals surface area contributed by atoms with E-state index in [1.165, 1.54) is 6.07 Å². The number of carbonyl (C=O) groups excluding carboxylic acids is 1. The SMILES string of the molecule is CC(CCl)C(=O)Nc1ccc([N+](=O)[O-])c(F)c1. The van der Waals surface area contributed by atoms with Crippen LogP contribution in [0, 0.1) is 21.8 Å². The summed E-state index contributed by atoms with van der Waals surface area (Å²) in [6, 6.07) is 3.16. The largest absolute Gasteiger partial charge is 0.326 e. The Bertz CT molecular complexity index is 453. The lowest BCUT2D eigenvalue weighted by molar-refractivity contribution is -0.387. The Morgan fingerprint density at radius 1 is 1.65 bits per heavy atom. The van der Waals surface area contributed by atoms with Crippen molar-refractivity contribution in [1.82, 2.24) is 0 Å². The molecule has 0 saturated heterocycles. The molecule has 1 rings (SSSR count). The second kappa shape index (κ2) is 5.58. The molecule has 0 aliphatic carbocycles. The number of nitrogens with one attached hydrogen (secondary N) is 1. The van der Waals surface area contributed by atoms with Gasteiger partial charge in [0.1, 0.15) is 0 Å². The average molecular weight is 261 g/mol. The summed E-state index contributed by atoms with van der Waals surface area (Å²) in [5, 5.41) is 12.8. The number of anilines is 1. The maximum atomic E-state index is 13.2. The van der Waals surface area contributed by atoms with Crippen LogP contribution < -0.4 is 5.32 Å². The van der Waals surface area contributed by atoms with Gasteiger partial charge in [0.05, 0.1) is 4.92 Å². The Morgan fingerprint density at radius 2 is 2.29 bits per heavy atom. The quantitative estimate of drug-likeness (QED) is 0.514. The first-order valence-corrected chi connectivity index (χ1v) is 5.30. The van der Waals surface area contributed by atoms with Crippen LogP contribution in [-0.4, -0.2) is 16.7 Å². The van der Waals surface area contributed by atoms with E-state index < -0.39 is 22.3 Å². The Balaban J connectivity index is 2.84. The maximum absolute atomic E-state index is 13.2. The highest BCUT2D eigenvalue weighted by atomic mass is 35.5. The number of carbonyl (C=O) groups is 1. The van der Waals surface area contributed by atoms with Crippen LogP contribution in [-0.2, 0) is 4.79 Å². The number of rotatable bonds is 4. The van der Waals surface area contributed by atoms with Gasteiger partial charge in [0.25, 0.3) is 0 Å². The lowest BCUT2D eigenvalue weighted by Gasteiger charge is -2.09. The molecule has 1 N–H and O–H groups in total. The number of amides is 1. The Labute approximate surface area is 102 Å². The number of nitrogens with zero attached hydrogens (tertiary/aromatic N) is 1. The monoisotopic (exact) mass is 260 g/mol. The smallest absolute Gasteiger partial charge is 0.304 e. The molecule has 0 saturated carbocycles. The van der Waals surface area contributed by atoms with Gasteiger partial charge in [-0.25, -0.2) is 0 Å². The van der Waals surface area contributed by atoms with Crippen molar-refractivity contribution < 1.29 is 14.1 Å². The van der Waals surface area contributed by atoms with Crippen molar-refractivity contribution in [3.8, 4) is 0 Å². The Kier molecular flexibility index (Phi) is 4.39. The summed E-state index contributed by atoms with van der Waals surface area (Å²) in [5.41, 5.74) is -0.469. The van der Waals surface area contributed by atoms with Gasteiger partial charge in [0.2, 0.25) is 11.7 Å². The standard InChI is InChI=1S/C10H10ClFN2O3/c1-6(5-11)10(15)13-7-2-3-9(14(16)17)8(12)4-7/h2-4,6H,5H2,1H3,(H,13,15). The number of hydrogen-bond donors (Lipinski definition) is 1. The molecule has 0 heterocycles. The summed E-state index contributed by atoms with van der Waals surface area (Å²) in [4.78, 5) is 21.0. The van der Waals surface area contributed by atoms with Gasteiger partial charge in [0.15, 0.2) is 0 Å². The molecule has 92 valence electrons. The average Bonchev–Trinajstić information content (AvgIpc) is 2.27. The van der Waals surface area contributed by atoms with Crippen LogP contribution in [0.3, 0.4) is 0 Å². The summed E-state index contributed by atoms with van der Waals surface area (Å²) in [7, 11) is 0. The van der Waals surface area contributed by atoms with Crippen molar-refractivity contribution in [3.63, 3.8) is 0 Å². The number of halogens is 2. The van der Waals surface area contributed by atoms with E-state index >= 15 is 0 Å². The van der Waals surface area contributed by atoms with Crippen molar-refractivity contribution in [2.45, 2.75) is 6.92 Å². The molecule has 0 aliphatic heterocycles. The summed E-state index contributed by atoms with van der Waals surface area (Å²) in [6.07, 6.45) is 0. The lowest BCUT2D eigenvalue weighted by Crippen LogP contribution is -2.21. The van der Waals surface area contributed by atoms with Gasteiger partial charge < -0.3 is 5.32 Å². The highest BCUT2D eigenvalue weighted by molar-refractivity contribution is 6.19. The van der Waals surface area contributed by atoms with Crippen LogP contribution >= 0.6 is 11.6 Å². The van der Waals surface area contributed by atoms with Crippen molar-refractivity contribution in [2.24, 2.45) is 5.92 Å². The molecule has 1 unspecified atom stereocenters. The van der Waals surface area contributed by atoms with E-state index in [2.05, 4.69) is 5.32 Å². The van der Waals surface area contributed by atoms with Crippen LogP contribution in [0.4, 0.5) is 15.8 Å². The first-order chi connectivity index (χ1) is 7.95. The molecule has 0 radical (unpaired) electrons. The van der Waals surface area contributed by atoms with Gasteiger partial charge in [-0.05, 0) is 6.07 Å². The van der Waals surface area contributed by atoms with E-state index in [0.717, 1.165) is 12.1 Å². The summed E-state index contributed by atoms with van der Waals surface area (Å²) in [6.45, 7) is 1.62. The molecule has 1 aromatic carbocycles. The predicted octanol–water partition coefficient (Wildman–Crippen LogP) is 2.55. The van der Waals surface area contributed by atoms with Gasteiger partial charge in [-0.15, -0.1) is 11.6 Å². The van der Waals surface area contributed by atoms with Crippen LogP contribution in [0.15, 0.2) is 18.2 Å². The first-order valence-electron chi connectivity index (χ1n) is 4.76. The molecule has 0 spiro atoms. The van der Waals surface area contributed by atoms with Gasteiger partial charge in [-0.2, -0.15) is 4.39 Å². The molecule has 1 aromatic rings. The molecule has 1 amide bonds. The Hall–Kier alpha value is -1.69. The number of nitro benzene ring substituents is 1. The Morgan fingerprint density at radius 3 is 2.76 bits per heavy atom. The molecular weight excluding hydrogens is 251 g/mol. The lowest BCUT2D eigenvalue weighted by atomic mass is 10.2. The minimum Gasteiger partial charge on any atom is -0.326 e. The van der Waals surface area contributed by atoms with Gasteiger partial charge in [-0.3, -0.25) is 14.9 Å². The van der Waals surface area contributed by atoms with Crippen LogP contribution in [0.2, 0.25) is 0 Å². The minimum atomic E-state index is -0.994. The van der Waals surface area contributed by atoms with E-state index in [1.54, 1.807) is 6.92 Å². The van der Waals surface area contributed by atoms with Gasteiger partial charge in [-0.1, -0.05) is 6.92 Å². The third-order valence-corrected chi connectivity index (χ3v) is 2.55. The van der Waals surface area contributed by atoms with Gasteiger partial charge in [0, 0.05) is 29.6 Å². The second-order valence-corrected chi connectivity index (χ2v) is 3.78. The molecule has 0 bridgehead atoms. The molecule has 0 aliphatic rings. The predicted molar refractivity (Wildman–Crippen MR) is 61.6 cm³/mol. The van der Waals surface area contributed by atoms with E-state index in [4.69, 9.17) is 11.6 Å². The number of alkyl halides is 1. The second-order valence-electron chi connectivity index (χ2n) is 3.47. The van der Waals surface area contributed by atoms with E-state index in [-0.39, 0.29) is 17.5 Å². The summed E-state index contributed by atoms with van der Waals surface area (Å²) in [5.74, 6) is -1.64. The highest BCUT2D eigenvalue weighted by Crippen LogP contribution is 2.21. The van der Waals surface area contributed by atoms with Crippen molar-refractivity contribution in [3.05, 3.63) is 34.1 Å². The third kappa shape index (κ3) is 3.39. The summed E-state index contributed by atoms with van der Waals surface area (Å²) >= 11 is 5.49. The fourth-order valence-corrected chi connectivity index (χ4v) is 1.21. The zero-order chi connectivity index (χ0) is 13.0. The normalized spacial score (nSPS) is 11.9.